The molecule has 0 saturated carbocycles. The summed E-state index contributed by atoms with van der Waals surface area (Å²) < 4.78 is 5.45. The van der Waals surface area contributed by atoms with E-state index in [1.807, 2.05) is 26.0 Å². The molecule has 1 heterocycles. The normalized spacial score (nSPS) is 10.5. The highest BCUT2D eigenvalue weighted by molar-refractivity contribution is 6.40. The molecule has 2 aromatic carbocycles. The number of hydrogen-bond donors (Lipinski definition) is 4. The number of nitrogens with zero attached hydrogens (tertiary/aromatic N) is 1. The fraction of sp³-hybridized carbons (Fsp3) is 0.125. The minimum Gasteiger partial charge on any atom is -0.458 e. The van der Waals surface area contributed by atoms with Gasteiger partial charge in [-0.2, -0.15) is 5.10 Å². The third-order valence-corrected chi connectivity index (χ3v) is 4.49. The quantitative estimate of drug-likeness (QED) is 0.253. The first kappa shape index (κ1) is 23.9. The van der Waals surface area contributed by atoms with E-state index in [1.165, 1.54) is 6.21 Å². The summed E-state index contributed by atoms with van der Waals surface area (Å²) in [5.41, 5.74) is 5.15. The smallest absolute Gasteiger partial charge is 0.329 e. The van der Waals surface area contributed by atoms with E-state index in [-0.39, 0.29) is 12.3 Å². The molecule has 0 bridgehead atoms. The second kappa shape index (κ2) is 11.2. The number of hydrazone groups is 1. The van der Waals surface area contributed by atoms with Gasteiger partial charge in [0.1, 0.15) is 11.5 Å². The van der Waals surface area contributed by atoms with Gasteiger partial charge in [0.25, 0.3) is 0 Å². The summed E-state index contributed by atoms with van der Waals surface area (Å²) in [6.07, 6.45) is 1.20. The molecule has 4 N–H and O–H groups in total. The van der Waals surface area contributed by atoms with Crippen molar-refractivity contribution in [2.24, 2.45) is 5.10 Å². The zero-order valence-electron chi connectivity index (χ0n) is 18.5. The van der Waals surface area contributed by atoms with Gasteiger partial charge < -0.3 is 20.4 Å². The zero-order valence-corrected chi connectivity index (χ0v) is 18.5. The van der Waals surface area contributed by atoms with Gasteiger partial charge in [-0.1, -0.05) is 35.4 Å². The zero-order chi connectivity index (χ0) is 24.5. The van der Waals surface area contributed by atoms with Crippen LogP contribution in [0.3, 0.4) is 0 Å². The van der Waals surface area contributed by atoms with E-state index in [1.54, 1.807) is 48.5 Å². The number of nitrogens with one attached hydrogen (secondary N) is 4. The molecule has 4 amide bonds. The van der Waals surface area contributed by atoms with Crippen molar-refractivity contribution < 1.29 is 23.6 Å². The van der Waals surface area contributed by atoms with Gasteiger partial charge in [0.05, 0.1) is 12.8 Å². The molecule has 1 aromatic heterocycles. The molecule has 10 heteroatoms. The minimum atomic E-state index is -0.949. The van der Waals surface area contributed by atoms with Crippen LogP contribution in [-0.4, -0.2) is 29.8 Å². The van der Waals surface area contributed by atoms with Gasteiger partial charge in [-0.25, -0.2) is 5.43 Å². The lowest BCUT2D eigenvalue weighted by atomic mass is 10.2. The molecule has 0 radical (unpaired) electrons. The van der Waals surface area contributed by atoms with Gasteiger partial charge in [-0.15, -0.1) is 0 Å². The summed E-state index contributed by atoms with van der Waals surface area (Å²) in [5, 5.41) is 11.1. The van der Waals surface area contributed by atoms with E-state index in [0.29, 0.717) is 17.1 Å². The summed E-state index contributed by atoms with van der Waals surface area (Å²) in [6.45, 7) is 3.79. The standard InChI is InChI=1S/C24H23N5O5/c1-15-3-7-17(8-4-15)27-22(31)21(30)25-13-19-11-12-20(34-19)14-26-29-24(33)23(32)28-18-9-5-16(2)6-10-18/h3-12,14H,13H2,1-2H3,(H,25,30)(H,27,31)(H,28,32)(H,29,33)/b26-14+. The van der Waals surface area contributed by atoms with Crippen LogP contribution in [0.1, 0.15) is 22.6 Å². The first-order chi connectivity index (χ1) is 16.3. The Bertz CT molecular complexity index is 1210. The summed E-state index contributed by atoms with van der Waals surface area (Å²) in [5.74, 6) is -2.81. The van der Waals surface area contributed by atoms with Gasteiger partial charge in [-0.05, 0) is 50.2 Å². The fourth-order valence-electron chi connectivity index (χ4n) is 2.66. The molecule has 0 atom stereocenters. The number of anilines is 2. The Balaban J connectivity index is 1.42. The van der Waals surface area contributed by atoms with Crippen LogP contribution in [0.2, 0.25) is 0 Å². The Morgan fingerprint density at radius 3 is 1.82 bits per heavy atom. The molecular formula is C24H23N5O5. The average molecular weight is 461 g/mol. The summed E-state index contributed by atoms with van der Waals surface area (Å²) >= 11 is 0. The maximum atomic E-state index is 12.0. The molecule has 0 fully saturated rings. The van der Waals surface area contributed by atoms with E-state index < -0.39 is 23.6 Å². The van der Waals surface area contributed by atoms with Crippen molar-refractivity contribution in [3.8, 4) is 0 Å². The van der Waals surface area contributed by atoms with E-state index in [0.717, 1.165) is 11.1 Å². The molecule has 3 rings (SSSR count). The molecule has 0 aliphatic carbocycles. The molecule has 0 unspecified atom stereocenters. The van der Waals surface area contributed by atoms with Crippen molar-refractivity contribution >= 4 is 41.2 Å². The van der Waals surface area contributed by atoms with Crippen molar-refractivity contribution in [3.05, 3.63) is 83.3 Å². The van der Waals surface area contributed by atoms with Crippen molar-refractivity contribution in [3.63, 3.8) is 0 Å². The second-order valence-corrected chi connectivity index (χ2v) is 7.33. The topological polar surface area (TPSA) is 142 Å². The van der Waals surface area contributed by atoms with E-state index in [4.69, 9.17) is 4.42 Å². The van der Waals surface area contributed by atoms with Gasteiger partial charge >= 0.3 is 23.6 Å². The number of benzene rings is 2. The Morgan fingerprint density at radius 1 is 0.735 bits per heavy atom. The van der Waals surface area contributed by atoms with Crippen LogP contribution in [0, 0.1) is 13.8 Å². The third kappa shape index (κ3) is 7.16. The number of aryl methyl sites for hydroxylation is 2. The highest BCUT2D eigenvalue weighted by Gasteiger charge is 2.15. The number of carbonyl (C=O) groups excluding carboxylic acids is 4. The molecule has 174 valence electrons. The lowest BCUT2D eigenvalue weighted by molar-refractivity contribution is -0.136. The van der Waals surface area contributed by atoms with Gasteiger partial charge in [0, 0.05) is 11.4 Å². The number of rotatable bonds is 6. The van der Waals surface area contributed by atoms with Crippen LogP contribution in [0.15, 0.2) is 70.2 Å². The number of carbonyl (C=O) groups is 4. The highest BCUT2D eigenvalue weighted by atomic mass is 16.3. The molecule has 0 saturated heterocycles. The van der Waals surface area contributed by atoms with Crippen molar-refractivity contribution in [1.29, 1.82) is 0 Å². The maximum absolute atomic E-state index is 12.0. The SMILES string of the molecule is Cc1ccc(NC(=O)C(=O)NCc2ccc(/C=N/NC(=O)C(=O)Nc3ccc(C)cc3)o2)cc1. The fourth-order valence-corrected chi connectivity index (χ4v) is 2.66. The van der Waals surface area contributed by atoms with Crippen LogP contribution in [0.25, 0.3) is 0 Å². The van der Waals surface area contributed by atoms with E-state index >= 15 is 0 Å². The molecule has 0 aliphatic heterocycles. The van der Waals surface area contributed by atoms with E-state index in [2.05, 4.69) is 26.5 Å². The predicted molar refractivity (Wildman–Crippen MR) is 126 cm³/mol. The molecule has 0 aliphatic rings. The van der Waals surface area contributed by atoms with Gasteiger partial charge in [0.15, 0.2) is 0 Å². The Kier molecular flexibility index (Phi) is 7.90. The first-order valence-electron chi connectivity index (χ1n) is 10.3. The van der Waals surface area contributed by atoms with Gasteiger partial charge in [0.2, 0.25) is 0 Å². The molecule has 0 spiro atoms. The lowest BCUT2D eigenvalue weighted by Crippen LogP contribution is -2.34. The van der Waals surface area contributed by atoms with Gasteiger partial charge in [-0.3, -0.25) is 19.2 Å². The van der Waals surface area contributed by atoms with Crippen LogP contribution in [-0.2, 0) is 25.7 Å². The Morgan fingerprint density at radius 2 is 1.26 bits per heavy atom. The van der Waals surface area contributed by atoms with Crippen LogP contribution in [0.4, 0.5) is 11.4 Å². The van der Waals surface area contributed by atoms with E-state index in [9.17, 15) is 19.2 Å². The molecular weight excluding hydrogens is 438 g/mol. The Hall–Kier alpha value is -4.73. The molecule has 34 heavy (non-hydrogen) atoms. The number of furan rings is 1. The summed E-state index contributed by atoms with van der Waals surface area (Å²) in [7, 11) is 0. The highest BCUT2D eigenvalue weighted by Crippen LogP contribution is 2.09. The largest absolute Gasteiger partial charge is 0.458 e. The van der Waals surface area contributed by atoms with Crippen LogP contribution >= 0.6 is 0 Å². The van der Waals surface area contributed by atoms with Crippen molar-refractivity contribution in [1.82, 2.24) is 10.7 Å². The first-order valence-corrected chi connectivity index (χ1v) is 10.3. The van der Waals surface area contributed by atoms with Crippen LogP contribution < -0.4 is 21.4 Å². The predicted octanol–water partition coefficient (Wildman–Crippen LogP) is 2.24. The minimum absolute atomic E-state index is 0.0285. The maximum Gasteiger partial charge on any atom is 0.329 e. The third-order valence-electron chi connectivity index (χ3n) is 4.49. The van der Waals surface area contributed by atoms with Crippen LogP contribution in [0.5, 0.6) is 0 Å². The monoisotopic (exact) mass is 461 g/mol. The van der Waals surface area contributed by atoms with Crippen molar-refractivity contribution in [2.45, 2.75) is 20.4 Å². The van der Waals surface area contributed by atoms with Crippen molar-refractivity contribution in [2.75, 3.05) is 10.6 Å². The molecule has 3 aromatic rings. The second-order valence-electron chi connectivity index (χ2n) is 7.33. The number of hydrogen-bond acceptors (Lipinski definition) is 6. The Labute approximate surface area is 195 Å². The summed E-state index contributed by atoms with van der Waals surface area (Å²) in [4.78, 5) is 47.7. The lowest BCUT2D eigenvalue weighted by Gasteiger charge is -2.05. The number of amides is 4. The summed E-state index contributed by atoms with van der Waals surface area (Å²) in [6, 6.07) is 17.1. The average Bonchev–Trinajstić information content (AvgIpc) is 3.28. The molecule has 10 nitrogen and oxygen atoms in total.